The van der Waals surface area contributed by atoms with Crippen molar-refractivity contribution in [2.75, 3.05) is 19.5 Å². The van der Waals surface area contributed by atoms with E-state index < -0.39 is 0 Å². The number of para-hydroxylation sites is 1. The molecule has 0 spiro atoms. The number of hydrogen-bond donors (Lipinski definition) is 1. The number of nitrogens with two attached hydrogens (primary N) is 1. The maximum absolute atomic E-state index is 5.96. The first kappa shape index (κ1) is 13.3. The third-order valence-corrected chi connectivity index (χ3v) is 3.09. The summed E-state index contributed by atoms with van der Waals surface area (Å²) in [5, 5.41) is 0. The molecule has 0 saturated heterocycles. The molecule has 0 aliphatic heterocycles. The molecule has 19 heavy (non-hydrogen) atoms. The molecule has 0 heterocycles. The molecule has 2 rings (SSSR count). The third kappa shape index (κ3) is 3.41. The number of aryl methyl sites for hydroxylation is 1. The van der Waals surface area contributed by atoms with Crippen LogP contribution in [0.25, 0.3) is 0 Å². The van der Waals surface area contributed by atoms with Gasteiger partial charge in [0, 0.05) is 6.42 Å². The highest BCUT2D eigenvalue weighted by molar-refractivity contribution is 5.57. The van der Waals surface area contributed by atoms with Crippen molar-refractivity contribution in [3.05, 3.63) is 53.6 Å². The molecule has 0 aromatic heterocycles. The lowest BCUT2D eigenvalue weighted by Gasteiger charge is -2.10. The maximum atomic E-state index is 5.96. The van der Waals surface area contributed by atoms with Gasteiger partial charge >= 0.3 is 0 Å². The van der Waals surface area contributed by atoms with E-state index in [9.17, 15) is 0 Å². The lowest BCUT2D eigenvalue weighted by atomic mass is 10.1. The van der Waals surface area contributed by atoms with Crippen LogP contribution >= 0.6 is 0 Å². The molecule has 0 radical (unpaired) electrons. The molecule has 0 aliphatic carbocycles. The van der Waals surface area contributed by atoms with Crippen molar-refractivity contribution >= 4 is 5.69 Å². The Morgan fingerprint density at radius 3 is 2.47 bits per heavy atom. The van der Waals surface area contributed by atoms with Crippen molar-refractivity contribution in [3.8, 4) is 11.5 Å². The van der Waals surface area contributed by atoms with E-state index in [1.165, 1.54) is 5.56 Å². The number of methoxy groups -OCH3 is 1. The Kier molecular flexibility index (Phi) is 4.29. The fourth-order valence-electron chi connectivity index (χ4n) is 1.85. The largest absolute Gasteiger partial charge is 0.497 e. The van der Waals surface area contributed by atoms with E-state index in [1.54, 1.807) is 7.11 Å². The van der Waals surface area contributed by atoms with Crippen LogP contribution in [0.5, 0.6) is 11.5 Å². The van der Waals surface area contributed by atoms with Crippen LogP contribution in [0.1, 0.15) is 11.1 Å². The van der Waals surface area contributed by atoms with Crippen LogP contribution in [0.15, 0.2) is 42.5 Å². The van der Waals surface area contributed by atoms with Crippen LogP contribution in [0.2, 0.25) is 0 Å². The molecular formula is C16H19NO2. The molecular weight excluding hydrogens is 238 g/mol. The second-order valence-corrected chi connectivity index (χ2v) is 4.43. The second-order valence-electron chi connectivity index (χ2n) is 4.43. The van der Waals surface area contributed by atoms with Gasteiger partial charge < -0.3 is 15.2 Å². The Morgan fingerprint density at radius 1 is 1.05 bits per heavy atom. The Balaban J connectivity index is 1.90. The summed E-state index contributed by atoms with van der Waals surface area (Å²) in [7, 11) is 1.67. The summed E-state index contributed by atoms with van der Waals surface area (Å²) >= 11 is 0. The molecule has 3 heteroatoms. The number of anilines is 1. The molecule has 0 saturated carbocycles. The molecule has 0 fully saturated rings. The minimum absolute atomic E-state index is 0.611. The van der Waals surface area contributed by atoms with Crippen molar-refractivity contribution in [1.29, 1.82) is 0 Å². The third-order valence-electron chi connectivity index (χ3n) is 3.09. The van der Waals surface area contributed by atoms with E-state index >= 15 is 0 Å². The van der Waals surface area contributed by atoms with Crippen molar-refractivity contribution in [3.63, 3.8) is 0 Å². The van der Waals surface area contributed by atoms with Gasteiger partial charge in [-0.15, -0.1) is 0 Å². The zero-order chi connectivity index (χ0) is 13.7. The minimum Gasteiger partial charge on any atom is -0.497 e. The van der Waals surface area contributed by atoms with Crippen molar-refractivity contribution in [1.82, 2.24) is 0 Å². The second kappa shape index (κ2) is 6.14. The molecule has 3 nitrogen and oxygen atoms in total. The Bertz CT molecular complexity index is 535. The normalized spacial score (nSPS) is 10.2. The van der Waals surface area contributed by atoms with Gasteiger partial charge in [-0.2, -0.15) is 0 Å². The van der Waals surface area contributed by atoms with Gasteiger partial charge in [0.15, 0.2) is 0 Å². The van der Waals surface area contributed by atoms with Crippen LogP contribution in [-0.2, 0) is 6.42 Å². The van der Waals surface area contributed by atoms with Crippen LogP contribution in [-0.4, -0.2) is 13.7 Å². The van der Waals surface area contributed by atoms with Crippen molar-refractivity contribution in [2.24, 2.45) is 0 Å². The Hall–Kier alpha value is -2.16. The molecule has 0 aliphatic rings. The van der Waals surface area contributed by atoms with Gasteiger partial charge in [0.1, 0.15) is 11.5 Å². The average molecular weight is 257 g/mol. The van der Waals surface area contributed by atoms with Crippen LogP contribution in [0.4, 0.5) is 5.69 Å². The van der Waals surface area contributed by atoms with E-state index in [0.29, 0.717) is 6.61 Å². The summed E-state index contributed by atoms with van der Waals surface area (Å²) in [5.74, 6) is 1.63. The van der Waals surface area contributed by atoms with Gasteiger partial charge in [0.25, 0.3) is 0 Å². The Morgan fingerprint density at radius 2 is 1.79 bits per heavy atom. The van der Waals surface area contributed by atoms with E-state index in [4.69, 9.17) is 15.2 Å². The summed E-state index contributed by atoms with van der Waals surface area (Å²) in [4.78, 5) is 0. The summed E-state index contributed by atoms with van der Waals surface area (Å²) in [6.45, 7) is 2.59. The average Bonchev–Trinajstić information content (AvgIpc) is 2.44. The van der Waals surface area contributed by atoms with Crippen molar-refractivity contribution in [2.45, 2.75) is 13.3 Å². The van der Waals surface area contributed by atoms with Crippen LogP contribution in [0, 0.1) is 6.92 Å². The highest BCUT2D eigenvalue weighted by Crippen LogP contribution is 2.24. The SMILES string of the molecule is COc1ccc(CCOc2cccc(C)c2N)cc1. The fraction of sp³-hybridized carbons (Fsp3) is 0.250. The summed E-state index contributed by atoms with van der Waals surface area (Å²) in [5.41, 5.74) is 8.94. The first-order chi connectivity index (χ1) is 9.20. The van der Waals surface area contributed by atoms with Gasteiger partial charge in [-0.1, -0.05) is 24.3 Å². The lowest BCUT2D eigenvalue weighted by molar-refractivity contribution is 0.323. The molecule has 100 valence electrons. The minimum atomic E-state index is 0.611. The van der Waals surface area contributed by atoms with E-state index in [0.717, 1.165) is 29.2 Å². The van der Waals surface area contributed by atoms with Gasteiger partial charge in [-0.05, 0) is 36.2 Å². The number of hydrogen-bond acceptors (Lipinski definition) is 3. The van der Waals surface area contributed by atoms with E-state index in [-0.39, 0.29) is 0 Å². The summed E-state index contributed by atoms with van der Waals surface area (Å²) in [6.07, 6.45) is 0.845. The van der Waals surface area contributed by atoms with Gasteiger partial charge in [0.2, 0.25) is 0 Å². The zero-order valence-corrected chi connectivity index (χ0v) is 11.3. The Labute approximate surface area is 114 Å². The molecule has 0 bridgehead atoms. The molecule has 2 N–H and O–H groups in total. The highest BCUT2D eigenvalue weighted by Gasteiger charge is 2.02. The van der Waals surface area contributed by atoms with Gasteiger partial charge in [-0.3, -0.25) is 0 Å². The smallest absolute Gasteiger partial charge is 0.142 e. The summed E-state index contributed by atoms with van der Waals surface area (Å²) < 4.78 is 10.8. The molecule has 2 aromatic carbocycles. The standard InChI is InChI=1S/C16H19NO2/c1-12-4-3-5-15(16(12)17)19-11-10-13-6-8-14(18-2)9-7-13/h3-9H,10-11,17H2,1-2H3. The van der Waals surface area contributed by atoms with Crippen molar-refractivity contribution < 1.29 is 9.47 Å². The fourth-order valence-corrected chi connectivity index (χ4v) is 1.85. The number of rotatable bonds is 5. The molecule has 0 unspecified atom stereocenters. The highest BCUT2D eigenvalue weighted by atomic mass is 16.5. The molecule has 0 amide bonds. The van der Waals surface area contributed by atoms with Gasteiger partial charge in [0.05, 0.1) is 19.4 Å². The summed E-state index contributed by atoms with van der Waals surface area (Å²) in [6, 6.07) is 13.8. The zero-order valence-electron chi connectivity index (χ0n) is 11.3. The quantitative estimate of drug-likeness (QED) is 0.836. The number of benzene rings is 2. The first-order valence-electron chi connectivity index (χ1n) is 6.31. The molecule has 2 aromatic rings. The predicted octanol–water partition coefficient (Wildman–Crippen LogP) is 3.21. The van der Waals surface area contributed by atoms with Crippen LogP contribution < -0.4 is 15.2 Å². The number of ether oxygens (including phenoxy) is 2. The number of nitrogen functional groups attached to an aromatic ring is 1. The lowest BCUT2D eigenvalue weighted by Crippen LogP contribution is -2.04. The first-order valence-corrected chi connectivity index (χ1v) is 6.31. The topological polar surface area (TPSA) is 44.5 Å². The van der Waals surface area contributed by atoms with Gasteiger partial charge in [-0.25, -0.2) is 0 Å². The predicted molar refractivity (Wildman–Crippen MR) is 77.8 cm³/mol. The monoisotopic (exact) mass is 257 g/mol. The van der Waals surface area contributed by atoms with E-state index in [2.05, 4.69) is 0 Å². The van der Waals surface area contributed by atoms with Crippen LogP contribution in [0.3, 0.4) is 0 Å². The maximum Gasteiger partial charge on any atom is 0.142 e. The van der Waals surface area contributed by atoms with E-state index in [1.807, 2.05) is 49.4 Å². The molecule has 0 atom stereocenters.